The molecule has 27 heavy (non-hydrogen) atoms. The fraction of sp³-hybridized carbons (Fsp3) is 0.250. The van der Waals surface area contributed by atoms with Crippen LogP contribution < -0.4 is 4.74 Å². The molecule has 5 nitrogen and oxygen atoms in total. The SMILES string of the molecule is Cc1ccc(C(=O)CSc2nnc([C@H](C)Oc3ccc(F)cc3)o2)c(C)c1. The molecule has 0 saturated heterocycles. The molecule has 140 valence electrons. The van der Waals surface area contributed by atoms with E-state index >= 15 is 0 Å². The lowest BCUT2D eigenvalue weighted by molar-refractivity contribution is 0.102. The highest BCUT2D eigenvalue weighted by Crippen LogP contribution is 2.25. The summed E-state index contributed by atoms with van der Waals surface area (Å²) >= 11 is 1.19. The van der Waals surface area contributed by atoms with Crippen molar-refractivity contribution >= 4 is 17.5 Å². The second kappa shape index (κ2) is 8.35. The molecule has 0 unspecified atom stereocenters. The lowest BCUT2D eigenvalue weighted by Gasteiger charge is -2.10. The first-order valence-corrected chi connectivity index (χ1v) is 9.40. The average Bonchev–Trinajstić information content (AvgIpc) is 3.11. The first-order valence-electron chi connectivity index (χ1n) is 8.41. The summed E-state index contributed by atoms with van der Waals surface area (Å²) in [6, 6.07) is 11.4. The highest BCUT2D eigenvalue weighted by atomic mass is 32.2. The molecule has 2 aromatic carbocycles. The zero-order valence-electron chi connectivity index (χ0n) is 15.2. The van der Waals surface area contributed by atoms with E-state index in [1.165, 1.54) is 36.0 Å². The van der Waals surface area contributed by atoms with Crippen LogP contribution in [0.15, 0.2) is 52.1 Å². The van der Waals surface area contributed by atoms with Crippen molar-refractivity contribution in [3.05, 3.63) is 70.9 Å². The van der Waals surface area contributed by atoms with Gasteiger partial charge in [0.2, 0.25) is 0 Å². The number of nitrogens with zero attached hydrogens (tertiary/aromatic N) is 2. The minimum atomic E-state index is -0.493. The third-order valence-corrected chi connectivity index (χ3v) is 4.72. The Morgan fingerprint density at radius 1 is 1.19 bits per heavy atom. The van der Waals surface area contributed by atoms with Crippen molar-refractivity contribution in [2.24, 2.45) is 0 Å². The van der Waals surface area contributed by atoms with Crippen molar-refractivity contribution in [1.82, 2.24) is 10.2 Å². The number of aromatic nitrogens is 2. The number of rotatable bonds is 7. The van der Waals surface area contributed by atoms with Gasteiger partial charge in [0.05, 0.1) is 5.75 Å². The number of carbonyl (C=O) groups excluding carboxylic acids is 1. The Balaban J connectivity index is 1.58. The molecule has 0 bridgehead atoms. The second-order valence-corrected chi connectivity index (χ2v) is 7.08. The molecule has 0 radical (unpaired) electrons. The van der Waals surface area contributed by atoms with Gasteiger partial charge in [-0.15, -0.1) is 10.2 Å². The van der Waals surface area contributed by atoms with Gasteiger partial charge < -0.3 is 9.15 Å². The molecule has 0 spiro atoms. The molecule has 1 aromatic heterocycles. The quantitative estimate of drug-likeness (QED) is 0.423. The number of halogens is 1. The number of ether oxygens (including phenoxy) is 1. The van der Waals surface area contributed by atoms with Crippen LogP contribution in [0, 0.1) is 19.7 Å². The van der Waals surface area contributed by atoms with E-state index in [2.05, 4.69) is 10.2 Å². The normalized spacial score (nSPS) is 12.0. The molecule has 0 amide bonds. The van der Waals surface area contributed by atoms with E-state index < -0.39 is 6.10 Å². The van der Waals surface area contributed by atoms with Gasteiger partial charge in [-0.05, 0) is 50.6 Å². The Bertz CT molecular complexity index is 941. The summed E-state index contributed by atoms with van der Waals surface area (Å²) in [7, 11) is 0. The Morgan fingerprint density at radius 2 is 1.93 bits per heavy atom. The summed E-state index contributed by atoms with van der Waals surface area (Å²) < 4.78 is 24.2. The predicted molar refractivity (Wildman–Crippen MR) is 101 cm³/mol. The van der Waals surface area contributed by atoms with Crippen molar-refractivity contribution < 1.29 is 18.3 Å². The van der Waals surface area contributed by atoms with Crippen LogP contribution in [-0.2, 0) is 0 Å². The molecule has 3 rings (SSSR count). The second-order valence-electron chi connectivity index (χ2n) is 6.15. The van der Waals surface area contributed by atoms with E-state index in [0.29, 0.717) is 22.4 Å². The zero-order chi connectivity index (χ0) is 19.4. The summed E-state index contributed by atoms with van der Waals surface area (Å²) in [4.78, 5) is 12.4. The Hall–Kier alpha value is -2.67. The van der Waals surface area contributed by atoms with E-state index in [1.54, 1.807) is 6.92 Å². The van der Waals surface area contributed by atoms with E-state index in [4.69, 9.17) is 9.15 Å². The van der Waals surface area contributed by atoms with Crippen molar-refractivity contribution in [3.8, 4) is 5.75 Å². The highest BCUT2D eigenvalue weighted by Gasteiger charge is 2.17. The number of Topliss-reactive ketones (excluding diaryl/α,β-unsaturated/α-hetero) is 1. The van der Waals surface area contributed by atoms with Crippen molar-refractivity contribution in [2.75, 3.05) is 5.75 Å². The van der Waals surface area contributed by atoms with Crippen LogP contribution in [0.2, 0.25) is 0 Å². The van der Waals surface area contributed by atoms with Gasteiger partial charge in [0, 0.05) is 5.56 Å². The molecule has 0 aliphatic rings. The van der Waals surface area contributed by atoms with Crippen molar-refractivity contribution in [1.29, 1.82) is 0 Å². The molecular formula is C20H19FN2O3S. The number of thioether (sulfide) groups is 1. The maximum Gasteiger partial charge on any atom is 0.277 e. The van der Waals surface area contributed by atoms with Gasteiger partial charge >= 0.3 is 0 Å². The Kier molecular flexibility index (Phi) is 5.91. The summed E-state index contributed by atoms with van der Waals surface area (Å²) in [5.74, 6) is 0.675. The van der Waals surface area contributed by atoms with Gasteiger partial charge in [-0.25, -0.2) is 4.39 Å². The van der Waals surface area contributed by atoms with E-state index in [9.17, 15) is 9.18 Å². The van der Waals surface area contributed by atoms with Crippen LogP contribution in [0.25, 0.3) is 0 Å². The molecular weight excluding hydrogens is 367 g/mol. The Morgan fingerprint density at radius 3 is 2.63 bits per heavy atom. The van der Waals surface area contributed by atoms with Crippen LogP contribution in [0.1, 0.15) is 40.4 Å². The minimum absolute atomic E-state index is 0.00728. The maximum atomic E-state index is 12.9. The number of ketones is 1. The number of hydrogen-bond donors (Lipinski definition) is 0. The van der Waals surface area contributed by atoms with Crippen LogP contribution in [0.5, 0.6) is 5.75 Å². The first-order chi connectivity index (χ1) is 12.9. The van der Waals surface area contributed by atoms with Crippen LogP contribution in [-0.4, -0.2) is 21.7 Å². The summed E-state index contributed by atoms with van der Waals surface area (Å²) in [5.41, 5.74) is 2.77. The third-order valence-electron chi connectivity index (χ3n) is 3.91. The van der Waals surface area contributed by atoms with Gasteiger partial charge in [0.25, 0.3) is 11.1 Å². The monoisotopic (exact) mass is 386 g/mol. The summed E-state index contributed by atoms with van der Waals surface area (Å²) in [6.45, 7) is 5.67. The third kappa shape index (κ3) is 4.95. The van der Waals surface area contributed by atoms with Gasteiger partial charge in [-0.1, -0.05) is 35.5 Å². The molecule has 0 N–H and O–H groups in total. The summed E-state index contributed by atoms with van der Waals surface area (Å²) in [5, 5.41) is 8.21. The fourth-order valence-corrected chi connectivity index (χ4v) is 3.20. The van der Waals surface area contributed by atoms with E-state index in [-0.39, 0.29) is 17.4 Å². The number of hydrogen-bond acceptors (Lipinski definition) is 6. The van der Waals surface area contributed by atoms with Crippen molar-refractivity contribution in [2.45, 2.75) is 32.1 Å². The molecule has 1 atom stereocenters. The number of benzene rings is 2. The largest absolute Gasteiger partial charge is 0.481 e. The molecule has 0 fully saturated rings. The lowest BCUT2D eigenvalue weighted by atomic mass is 10.0. The fourth-order valence-electron chi connectivity index (χ4n) is 2.54. The van der Waals surface area contributed by atoms with E-state index in [0.717, 1.165) is 11.1 Å². The lowest BCUT2D eigenvalue weighted by Crippen LogP contribution is -2.05. The summed E-state index contributed by atoms with van der Waals surface area (Å²) in [6.07, 6.45) is -0.493. The molecule has 0 aliphatic carbocycles. The van der Waals surface area contributed by atoms with Crippen LogP contribution in [0.4, 0.5) is 4.39 Å². The maximum absolute atomic E-state index is 12.9. The zero-order valence-corrected chi connectivity index (χ0v) is 16.0. The molecule has 0 saturated carbocycles. The van der Waals surface area contributed by atoms with Crippen LogP contribution >= 0.6 is 11.8 Å². The molecule has 3 aromatic rings. The van der Waals surface area contributed by atoms with Gasteiger partial charge in [0.1, 0.15) is 11.6 Å². The van der Waals surface area contributed by atoms with Crippen LogP contribution in [0.3, 0.4) is 0 Å². The highest BCUT2D eigenvalue weighted by molar-refractivity contribution is 7.99. The van der Waals surface area contributed by atoms with Crippen molar-refractivity contribution in [3.63, 3.8) is 0 Å². The minimum Gasteiger partial charge on any atom is -0.481 e. The topological polar surface area (TPSA) is 65.2 Å². The molecule has 1 heterocycles. The smallest absolute Gasteiger partial charge is 0.277 e. The molecule has 7 heteroatoms. The number of aryl methyl sites for hydroxylation is 2. The first kappa shape index (κ1) is 19.1. The van der Waals surface area contributed by atoms with Gasteiger partial charge in [-0.3, -0.25) is 4.79 Å². The Labute approximate surface area is 161 Å². The predicted octanol–water partition coefficient (Wildman–Crippen LogP) is 4.94. The van der Waals surface area contributed by atoms with E-state index in [1.807, 2.05) is 32.0 Å². The van der Waals surface area contributed by atoms with Gasteiger partial charge in [0.15, 0.2) is 11.9 Å². The molecule has 0 aliphatic heterocycles. The average molecular weight is 386 g/mol. The number of carbonyl (C=O) groups is 1. The standard InChI is InChI=1S/C20H19FN2O3S/c1-12-4-9-17(13(2)10-12)18(24)11-27-20-23-22-19(26-20)14(3)25-16-7-5-15(21)6-8-16/h4-10,14H,11H2,1-3H3/t14-/m0/s1. The van der Waals surface area contributed by atoms with Gasteiger partial charge in [-0.2, -0.15) is 0 Å².